The van der Waals surface area contributed by atoms with Crippen LogP contribution in [-0.4, -0.2) is 15.7 Å². The van der Waals surface area contributed by atoms with E-state index in [1.807, 2.05) is 30.5 Å². The van der Waals surface area contributed by atoms with E-state index in [0.29, 0.717) is 5.56 Å². The molecular weight excluding hydrogens is 236 g/mol. The molecule has 4 nitrogen and oxygen atoms in total. The van der Waals surface area contributed by atoms with Crippen molar-refractivity contribution < 1.29 is 0 Å². The average Bonchev–Trinajstić information content (AvgIpc) is 2.84. The van der Waals surface area contributed by atoms with Crippen LogP contribution in [-0.2, 0) is 6.54 Å². The van der Waals surface area contributed by atoms with E-state index in [9.17, 15) is 0 Å². The molecule has 98 valence electrons. The zero-order valence-corrected chi connectivity index (χ0v) is 11.5. The van der Waals surface area contributed by atoms with Gasteiger partial charge in [0.05, 0.1) is 23.5 Å². The van der Waals surface area contributed by atoms with Gasteiger partial charge < -0.3 is 5.32 Å². The fraction of sp³-hybridized carbons (Fsp3) is 0.333. The summed E-state index contributed by atoms with van der Waals surface area (Å²) in [6.45, 7) is 7.16. The highest BCUT2D eigenvalue weighted by atomic mass is 15.1. The van der Waals surface area contributed by atoms with Crippen LogP contribution in [0.2, 0.25) is 0 Å². The molecule has 0 aliphatic heterocycles. The zero-order chi connectivity index (χ0) is 13.9. The summed E-state index contributed by atoms with van der Waals surface area (Å²) in [5, 5.41) is 19.4. The molecule has 19 heavy (non-hydrogen) atoms. The van der Waals surface area contributed by atoms with Gasteiger partial charge in [-0.15, -0.1) is 0 Å². The Bertz CT molecular complexity index is 582. The number of rotatable bonds is 3. The molecule has 0 unspecified atom stereocenters. The quantitative estimate of drug-likeness (QED) is 0.885. The molecule has 2 rings (SSSR count). The van der Waals surface area contributed by atoms with Crippen LogP contribution in [0, 0.1) is 11.3 Å². The van der Waals surface area contributed by atoms with Crippen molar-refractivity contribution in [2.75, 3.05) is 0 Å². The smallest absolute Gasteiger partial charge is 0.0991 e. The summed E-state index contributed by atoms with van der Waals surface area (Å²) in [4.78, 5) is 0. The van der Waals surface area contributed by atoms with Crippen molar-refractivity contribution in [1.29, 1.82) is 5.26 Å². The largest absolute Gasteiger partial charge is 0.308 e. The Kier molecular flexibility index (Phi) is 3.68. The van der Waals surface area contributed by atoms with Crippen molar-refractivity contribution in [2.45, 2.75) is 32.9 Å². The lowest BCUT2D eigenvalue weighted by atomic mass is 10.0. The maximum absolute atomic E-state index is 8.81. The Morgan fingerprint density at radius 1 is 1.26 bits per heavy atom. The molecule has 0 aliphatic carbocycles. The third-order valence-corrected chi connectivity index (χ3v) is 2.83. The normalized spacial score (nSPS) is 11.3. The highest BCUT2D eigenvalue weighted by molar-refractivity contribution is 5.63. The molecule has 2 N–H and O–H groups in total. The van der Waals surface area contributed by atoms with Crippen molar-refractivity contribution in [3.8, 4) is 17.3 Å². The first kappa shape index (κ1) is 13.3. The summed E-state index contributed by atoms with van der Waals surface area (Å²) in [7, 11) is 0. The molecule has 0 amide bonds. The van der Waals surface area contributed by atoms with E-state index < -0.39 is 0 Å². The molecule has 0 atom stereocenters. The topological polar surface area (TPSA) is 64.5 Å². The van der Waals surface area contributed by atoms with Gasteiger partial charge in [0.2, 0.25) is 0 Å². The second-order valence-electron chi connectivity index (χ2n) is 5.56. The van der Waals surface area contributed by atoms with Crippen molar-refractivity contribution in [1.82, 2.24) is 15.5 Å². The van der Waals surface area contributed by atoms with Crippen LogP contribution in [0.4, 0.5) is 0 Å². The van der Waals surface area contributed by atoms with E-state index in [1.54, 1.807) is 0 Å². The summed E-state index contributed by atoms with van der Waals surface area (Å²) >= 11 is 0. The lowest BCUT2D eigenvalue weighted by molar-refractivity contribution is 0.424. The third-order valence-electron chi connectivity index (χ3n) is 2.83. The summed E-state index contributed by atoms with van der Waals surface area (Å²) in [5.41, 5.74) is 3.90. The van der Waals surface area contributed by atoms with E-state index in [-0.39, 0.29) is 5.54 Å². The number of hydrogen-bond acceptors (Lipinski definition) is 3. The highest BCUT2D eigenvalue weighted by Crippen LogP contribution is 2.21. The molecule has 0 saturated carbocycles. The van der Waals surface area contributed by atoms with Gasteiger partial charge in [0.1, 0.15) is 0 Å². The van der Waals surface area contributed by atoms with Gasteiger partial charge in [-0.1, -0.05) is 12.1 Å². The highest BCUT2D eigenvalue weighted by Gasteiger charge is 2.12. The fourth-order valence-electron chi connectivity index (χ4n) is 1.77. The molecule has 0 saturated heterocycles. The molecule has 0 bridgehead atoms. The standard InChI is InChI=1S/C15H18N4/c1-15(2,3)17-9-13-10-18-19-14(13)12-6-4-11(8-16)5-7-12/h4-7,10,17H,9H2,1-3H3,(H,18,19). The monoisotopic (exact) mass is 254 g/mol. The molecule has 1 heterocycles. The lowest BCUT2D eigenvalue weighted by Gasteiger charge is -2.20. The first-order valence-corrected chi connectivity index (χ1v) is 6.27. The number of aromatic amines is 1. The van der Waals surface area contributed by atoms with Gasteiger partial charge in [-0.25, -0.2) is 0 Å². The molecule has 0 fully saturated rings. The van der Waals surface area contributed by atoms with E-state index in [4.69, 9.17) is 5.26 Å². The van der Waals surface area contributed by atoms with Crippen LogP contribution < -0.4 is 5.32 Å². The number of H-pyrrole nitrogens is 1. The van der Waals surface area contributed by atoms with E-state index in [1.165, 1.54) is 0 Å². The summed E-state index contributed by atoms with van der Waals surface area (Å²) in [6, 6.07) is 9.63. The Hall–Kier alpha value is -2.12. The Morgan fingerprint density at radius 3 is 2.53 bits per heavy atom. The maximum atomic E-state index is 8.81. The number of aromatic nitrogens is 2. The Balaban J connectivity index is 2.21. The first-order valence-electron chi connectivity index (χ1n) is 6.27. The van der Waals surface area contributed by atoms with Crippen LogP contribution in [0.1, 0.15) is 31.9 Å². The molecule has 4 heteroatoms. The Labute approximate surface area is 113 Å². The van der Waals surface area contributed by atoms with Gasteiger partial charge in [0.15, 0.2) is 0 Å². The molecule has 0 radical (unpaired) electrons. The van der Waals surface area contributed by atoms with Crippen molar-refractivity contribution in [2.24, 2.45) is 0 Å². The molecule has 1 aromatic carbocycles. The number of nitrogens with zero attached hydrogens (tertiary/aromatic N) is 2. The second-order valence-corrected chi connectivity index (χ2v) is 5.56. The number of nitrogens with one attached hydrogen (secondary N) is 2. The third kappa shape index (κ3) is 3.43. The molecule has 0 spiro atoms. The van der Waals surface area contributed by atoms with E-state index >= 15 is 0 Å². The second kappa shape index (κ2) is 5.25. The van der Waals surface area contributed by atoms with Gasteiger partial charge >= 0.3 is 0 Å². The van der Waals surface area contributed by atoms with Crippen molar-refractivity contribution in [3.05, 3.63) is 41.6 Å². The minimum Gasteiger partial charge on any atom is -0.308 e. The van der Waals surface area contributed by atoms with Crippen LogP contribution in [0.15, 0.2) is 30.5 Å². The minimum atomic E-state index is 0.0687. The number of hydrogen-bond donors (Lipinski definition) is 2. The molecule has 0 aliphatic rings. The molecular formula is C15H18N4. The molecule has 2 aromatic rings. The van der Waals surface area contributed by atoms with Crippen LogP contribution in [0.5, 0.6) is 0 Å². The maximum Gasteiger partial charge on any atom is 0.0991 e. The predicted octanol–water partition coefficient (Wildman–Crippen LogP) is 2.84. The van der Waals surface area contributed by atoms with E-state index in [2.05, 4.69) is 42.4 Å². The van der Waals surface area contributed by atoms with Crippen LogP contribution >= 0.6 is 0 Å². The lowest BCUT2D eigenvalue weighted by Crippen LogP contribution is -2.35. The molecule has 1 aromatic heterocycles. The van der Waals surface area contributed by atoms with Gasteiger partial charge in [0.25, 0.3) is 0 Å². The zero-order valence-electron chi connectivity index (χ0n) is 11.5. The number of nitriles is 1. The first-order chi connectivity index (χ1) is 8.99. The van der Waals surface area contributed by atoms with Gasteiger partial charge in [0, 0.05) is 17.6 Å². The summed E-state index contributed by atoms with van der Waals surface area (Å²) < 4.78 is 0. The van der Waals surface area contributed by atoms with Crippen LogP contribution in [0.3, 0.4) is 0 Å². The minimum absolute atomic E-state index is 0.0687. The van der Waals surface area contributed by atoms with Gasteiger partial charge in [-0.05, 0) is 38.5 Å². The Morgan fingerprint density at radius 2 is 1.95 bits per heavy atom. The van der Waals surface area contributed by atoms with Crippen LogP contribution in [0.25, 0.3) is 11.3 Å². The fourth-order valence-corrected chi connectivity index (χ4v) is 1.77. The van der Waals surface area contributed by atoms with Gasteiger partial charge in [-0.2, -0.15) is 10.4 Å². The van der Waals surface area contributed by atoms with Crippen molar-refractivity contribution in [3.63, 3.8) is 0 Å². The van der Waals surface area contributed by atoms with E-state index in [0.717, 1.165) is 23.4 Å². The van der Waals surface area contributed by atoms with Gasteiger partial charge in [-0.3, -0.25) is 5.10 Å². The average molecular weight is 254 g/mol. The predicted molar refractivity (Wildman–Crippen MR) is 75.3 cm³/mol. The SMILES string of the molecule is CC(C)(C)NCc1cn[nH]c1-c1ccc(C#N)cc1. The summed E-state index contributed by atoms with van der Waals surface area (Å²) in [6.07, 6.45) is 1.84. The number of benzene rings is 1. The van der Waals surface area contributed by atoms with Crippen molar-refractivity contribution >= 4 is 0 Å². The summed E-state index contributed by atoms with van der Waals surface area (Å²) in [5.74, 6) is 0.